The van der Waals surface area contributed by atoms with Gasteiger partial charge >= 0.3 is 0 Å². The molecule has 4 heterocycles. The van der Waals surface area contributed by atoms with Gasteiger partial charge in [0, 0.05) is 43.4 Å². The minimum atomic E-state index is -0.267. The largest absolute Gasteiger partial charge is 0.382 e. The molecule has 1 fully saturated rings. The fourth-order valence-corrected chi connectivity index (χ4v) is 4.46. The van der Waals surface area contributed by atoms with Crippen molar-refractivity contribution in [3.05, 3.63) is 72.4 Å². The molecule has 1 aliphatic heterocycles. The van der Waals surface area contributed by atoms with Gasteiger partial charge in [-0.2, -0.15) is 0 Å². The minimum Gasteiger partial charge on any atom is -0.382 e. The number of fused-ring (bicyclic) bond motifs is 1. The first kappa shape index (κ1) is 24.0. The smallest absolute Gasteiger partial charge is 0.299 e. The summed E-state index contributed by atoms with van der Waals surface area (Å²) < 4.78 is 6.82. The van der Waals surface area contributed by atoms with E-state index in [1.807, 2.05) is 16.5 Å². The monoisotopic (exact) mass is 495 g/mol. The summed E-state index contributed by atoms with van der Waals surface area (Å²) in [5.74, 6) is 6.35. The highest BCUT2D eigenvalue weighted by Gasteiger charge is 2.33. The van der Waals surface area contributed by atoms with E-state index in [-0.39, 0.29) is 24.5 Å². The number of methoxy groups -OCH3 is 1. The van der Waals surface area contributed by atoms with Gasteiger partial charge in [0.1, 0.15) is 35.3 Å². The molecule has 10 heteroatoms. The van der Waals surface area contributed by atoms with Gasteiger partial charge in [0.2, 0.25) is 0 Å². The van der Waals surface area contributed by atoms with Gasteiger partial charge in [0.05, 0.1) is 6.04 Å². The molecule has 3 aromatic heterocycles. The number of hydrogen-bond donors (Lipinski definition) is 2. The van der Waals surface area contributed by atoms with Crippen molar-refractivity contribution in [2.45, 2.75) is 18.9 Å². The summed E-state index contributed by atoms with van der Waals surface area (Å²) >= 11 is 0. The molecule has 186 valence electrons. The first-order chi connectivity index (χ1) is 18.1. The van der Waals surface area contributed by atoms with Crippen molar-refractivity contribution in [1.82, 2.24) is 24.3 Å². The number of likely N-dealkylation sites (tertiary alicyclic amines) is 1. The fraction of sp³-hybridized carbons (Fsp3) is 0.222. The lowest BCUT2D eigenvalue weighted by molar-refractivity contribution is -0.126. The maximum Gasteiger partial charge on any atom is 0.299 e. The van der Waals surface area contributed by atoms with Crippen molar-refractivity contribution in [3.63, 3.8) is 0 Å². The van der Waals surface area contributed by atoms with Crippen LogP contribution in [0.3, 0.4) is 0 Å². The molecule has 0 radical (unpaired) electrons. The van der Waals surface area contributed by atoms with E-state index >= 15 is 0 Å². The molecule has 1 aliphatic rings. The van der Waals surface area contributed by atoms with E-state index in [1.165, 1.54) is 7.11 Å². The van der Waals surface area contributed by atoms with Gasteiger partial charge in [0.15, 0.2) is 0 Å². The Morgan fingerprint density at radius 1 is 1.16 bits per heavy atom. The molecule has 2 amide bonds. The standard InChI is InChI=1S/C27H25N7O3/c1-37-17-5-8-22(35)33-15-4-6-20(33)26-32-23(24-25(28)30-14-16-34(24)26)18-9-11-19(12-10-18)27(36)31-21-7-2-3-13-29-21/h2-3,7,9-14,16,20H,4,6,15,17H2,1H3,(H2,28,30)(H,29,31,36)/t20-/m0/s1. The Morgan fingerprint density at radius 2 is 2.00 bits per heavy atom. The van der Waals surface area contributed by atoms with Crippen LogP contribution in [0.1, 0.15) is 35.1 Å². The quantitative estimate of drug-likeness (QED) is 0.408. The number of pyridine rings is 1. The van der Waals surface area contributed by atoms with Gasteiger partial charge in [-0.3, -0.25) is 14.0 Å². The van der Waals surface area contributed by atoms with E-state index in [1.54, 1.807) is 53.8 Å². The molecular weight excluding hydrogens is 470 g/mol. The lowest BCUT2D eigenvalue weighted by Crippen LogP contribution is -2.30. The molecule has 0 aliphatic carbocycles. The molecule has 0 saturated carbocycles. The Bertz CT molecular complexity index is 1500. The van der Waals surface area contributed by atoms with E-state index in [0.29, 0.717) is 40.8 Å². The molecule has 0 unspecified atom stereocenters. The van der Waals surface area contributed by atoms with Crippen LogP contribution in [0.25, 0.3) is 16.8 Å². The summed E-state index contributed by atoms with van der Waals surface area (Å²) in [4.78, 5) is 40.5. The van der Waals surface area contributed by atoms with Crippen LogP contribution in [0.5, 0.6) is 0 Å². The molecule has 10 nitrogen and oxygen atoms in total. The van der Waals surface area contributed by atoms with Crippen molar-refractivity contribution in [2.24, 2.45) is 0 Å². The molecule has 0 bridgehead atoms. The summed E-state index contributed by atoms with van der Waals surface area (Å²) in [6, 6.07) is 12.1. The second-order valence-corrected chi connectivity index (χ2v) is 8.49. The Hall–Kier alpha value is -4.75. The number of nitrogens with one attached hydrogen (secondary N) is 1. The van der Waals surface area contributed by atoms with Gasteiger partial charge in [-0.05, 0) is 43.0 Å². The number of benzene rings is 1. The van der Waals surface area contributed by atoms with Gasteiger partial charge in [-0.15, -0.1) is 0 Å². The van der Waals surface area contributed by atoms with E-state index in [9.17, 15) is 9.59 Å². The highest BCUT2D eigenvalue weighted by atomic mass is 16.5. The van der Waals surface area contributed by atoms with Gasteiger partial charge in [0.25, 0.3) is 11.8 Å². The number of nitrogens with zero attached hydrogens (tertiary/aromatic N) is 5. The minimum absolute atomic E-state index is 0.193. The zero-order valence-corrected chi connectivity index (χ0v) is 20.2. The molecule has 3 N–H and O–H groups in total. The number of ether oxygens (including phenoxy) is 1. The number of nitrogen functional groups attached to an aromatic ring is 1. The van der Waals surface area contributed by atoms with Crippen LogP contribution in [0.15, 0.2) is 61.1 Å². The van der Waals surface area contributed by atoms with Crippen LogP contribution in [0, 0.1) is 11.8 Å². The third-order valence-corrected chi connectivity index (χ3v) is 6.16. The maximum atomic E-state index is 12.8. The van der Waals surface area contributed by atoms with Crippen molar-refractivity contribution < 1.29 is 14.3 Å². The fourth-order valence-electron chi connectivity index (χ4n) is 4.46. The van der Waals surface area contributed by atoms with Gasteiger partial charge in [-0.25, -0.2) is 15.0 Å². The molecule has 1 saturated heterocycles. The van der Waals surface area contributed by atoms with Crippen LogP contribution >= 0.6 is 0 Å². The molecule has 1 aromatic carbocycles. The van der Waals surface area contributed by atoms with Crippen LogP contribution in [0.4, 0.5) is 11.6 Å². The predicted molar refractivity (Wildman–Crippen MR) is 138 cm³/mol. The lowest BCUT2D eigenvalue weighted by Gasteiger charge is -2.21. The summed E-state index contributed by atoms with van der Waals surface area (Å²) in [7, 11) is 1.54. The second kappa shape index (κ2) is 10.5. The SMILES string of the molecule is COCC#CC(=O)N1CCC[C@H]1c1nc(-c2ccc(C(=O)Nc3ccccn3)cc2)c2c(N)nccn12. The molecule has 0 spiro atoms. The molecular formula is C27H25N7O3. The highest BCUT2D eigenvalue weighted by molar-refractivity contribution is 6.04. The number of aromatic nitrogens is 4. The Kier molecular flexibility index (Phi) is 6.78. The average Bonchev–Trinajstić information content (AvgIpc) is 3.55. The number of hydrogen-bond acceptors (Lipinski definition) is 7. The summed E-state index contributed by atoms with van der Waals surface area (Å²) in [5.41, 5.74) is 8.81. The highest BCUT2D eigenvalue weighted by Crippen LogP contribution is 2.36. The van der Waals surface area contributed by atoms with E-state index in [0.717, 1.165) is 18.4 Å². The summed E-state index contributed by atoms with van der Waals surface area (Å²) in [5, 5.41) is 2.77. The number of rotatable bonds is 5. The normalized spacial score (nSPS) is 14.8. The Labute approximate surface area is 213 Å². The van der Waals surface area contributed by atoms with Gasteiger partial charge < -0.3 is 20.7 Å². The number of imidazole rings is 1. The third kappa shape index (κ3) is 4.85. The van der Waals surface area contributed by atoms with Crippen LogP contribution < -0.4 is 11.1 Å². The first-order valence-electron chi connectivity index (χ1n) is 11.8. The van der Waals surface area contributed by atoms with Crippen LogP contribution in [-0.4, -0.2) is 56.3 Å². The topological polar surface area (TPSA) is 128 Å². The third-order valence-electron chi connectivity index (χ3n) is 6.16. The number of amides is 2. The van der Waals surface area contributed by atoms with Crippen molar-refractivity contribution in [3.8, 4) is 23.1 Å². The molecule has 5 rings (SSSR count). The maximum absolute atomic E-state index is 12.8. The number of nitrogens with two attached hydrogens (primary N) is 1. The molecule has 4 aromatic rings. The van der Waals surface area contributed by atoms with Gasteiger partial charge in [-0.1, -0.05) is 24.1 Å². The Morgan fingerprint density at radius 3 is 2.76 bits per heavy atom. The van der Waals surface area contributed by atoms with E-state index < -0.39 is 0 Å². The van der Waals surface area contributed by atoms with Crippen molar-refractivity contribution >= 4 is 29.0 Å². The van der Waals surface area contributed by atoms with E-state index in [2.05, 4.69) is 27.1 Å². The van der Waals surface area contributed by atoms with Crippen LogP contribution in [0.2, 0.25) is 0 Å². The number of carbonyl (C=O) groups excluding carboxylic acids is 2. The Balaban J connectivity index is 1.48. The lowest BCUT2D eigenvalue weighted by atomic mass is 10.1. The van der Waals surface area contributed by atoms with Crippen molar-refractivity contribution in [2.75, 3.05) is 31.3 Å². The second-order valence-electron chi connectivity index (χ2n) is 8.49. The number of carbonyl (C=O) groups is 2. The average molecular weight is 496 g/mol. The summed E-state index contributed by atoms with van der Waals surface area (Å²) in [6.45, 7) is 0.787. The first-order valence-corrected chi connectivity index (χ1v) is 11.8. The predicted octanol–water partition coefficient (Wildman–Crippen LogP) is 2.94. The summed E-state index contributed by atoms with van der Waals surface area (Å²) in [6.07, 6.45) is 6.62. The van der Waals surface area contributed by atoms with E-state index in [4.69, 9.17) is 15.5 Å². The zero-order valence-electron chi connectivity index (χ0n) is 20.2. The van der Waals surface area contributed by atoms with Crippen LogP contribution in [-0.2, 0) is 9.53 Å². The number of anilines is 2. The molecule has 37 heavy (non-hydrogen) atoms. The van der Waals surface area contributed by atoms with Crippen molar-refractivity contribution in [1.29, 1.82) is 0 Å². The zero-order chi connectivity index (χ0) is 25.8. The molecule has 1 atom stereocenters.